The quantitative estimate of drug-likeness (QED) is 0.281. The number of hydrogen-bond acceptors (Lipinski definition) is 6. The third-order valence-corrected chi connectivity index (χ3v) is 5.67. The molecular weight excluding hydrogens is 452 g/mol. The summed E-state index contributed by atoms with van der Waals surface area (Å²) in [5.41, 5.74) is 1.15. The maximum absolute atomic E-state index is 12.9. The molecule has 0 aromatic heterocycles. The second-order valence-corrected chi connectivity index (χ2v) is 8.13. The highest BCUT2D eigenvalue weighted by atomic mass is 32.2. The monoisotopic (exact) mass is 480 g/mol. The van der Waals surface area contributed by atoms with E-state index in [0.717, 1.165) is 10.6 Å². The molecule has 0 aliphatic carbocycles. The van der Waals surface area contributed by atoms with Crippen molar-refractivity contribution in [2.45, 2.75) is 11.8 Å². The Morgan fingerprint density at radius 2 is 1.53 bits per heavy atom. The van der Waals surface area contributed by atoms with Crippen molar-refractivity contribution in [1.29, 1.82) is 0 Å². The van der Waals surface area contributed by atoms with Crippen molar-refractivity contribution in [3.63, 3.8) is 0 Å². The largest absolute Gasteiger partial charge is 0.494 e. The van der Waals surface area contributed by atoms with Crippen molar-refractivity contribution in [3.05, 3.63) is 78.4 Å². The lowest BCUT2D eigenvalue weighted by molar-refractivity contribution is -0.118. The number of anilines is 1. The van der Waals surface area contributed by atoms with Gasteiger partial charge in [0.25, 0.3) is 5.91 Å². The molecule has 3 aromatic rings. The second-order valence-electron chi connectivity index (χ2n) is 7.11. The Kier molecular flexibility index (Phi) is 9.81. The van der Waals surface area contributed by atoms with Gasteiger partial charge in [0.05, 0.1) is 24.5 Å². The zero-order valence-electron chi connectivity index (χ0n) is 19.2. The molecule has 34 heavy (non-hydrogen) atoms. The van der Waals surface area contributed by atoms with E-state index in [1.54, 1.807) is 43.5 Å². The number of nitrogens with one attached hydrogen (secondary N) is 2. The molecule has 0 heterocycles. The molecule has 0 unspecified atom stereocenters. The Morgan fingerprint density at radius 3 is 2.21 bits per heavy atom. The molecule has 2 N–H and O–H groups in total. The van der Waals surface area contributed by atoms with E-state index in [1.807, 2.05) is 43.3 Å². The Labute approximate surface area is 203 Å². The summed E-state index contributed by atoms with van der Waals surface area (Å²) in [4.78, 5) is 25.6. The second kappa shape index (κ2) is 13.3. The van der Waals surface area contributed by atoms with E-state index in [4.69, 9.17) is 14.2 Å². The zero-order valence-corrected chi connectivity index (χ0v) is 20.0. The van der Waals surface area contributed by atoms with Crippen molar-refractivity contribution in [1.82, 2.24) is 5.32 Å². The number of amides is 2. The predicted octanol–water partition coefficient (Wildman–Crippen LogP) is 4.98. The van der Waals surface area contributed by atoms with E-state index in [1.165, 1.54) is 11.8 Å². The number of ether oxygens (including phenoxy) is 3. The van der Waals surface area contributed by atoms with Crippen molar-refractivity contribution >= 4 is 29.3 Å². The smallest absolute Gasteiger partial charge is 0.256 e. The number of carbonyl (C=O) groups excluding carboxylic acids is 2. The molecule has 178 valence electrons. The number of hydrogen-bond donors (Lipinski definition) is 2. The summed E-state index contributed by atoms with van der Waals surface area (Å²) >= 11 is 1.32. The summed E-state index contributed by atoms with van der Waals surface area (Å²) in [6.07, 6.45) is 0. The highest BCUT2D eigenvalue weighted by molar-refractivity contribution is 8.00. The maximum Gasteiger partial charge on any atom is 0.256 e. The minimum atomic E-state index is -0.247. The van der Waals surface area contributed by atoms with Gasteiger partial charge >= 0.3 is 0 Å². The van der Waals surface area contributed by atoms with E-state index >= 15 is 0 Å². The highest BCUT2D eigenvalue weighted by Gasteiger charge is 2.13. The Hall–Kier alpha value is -3.49. The number of carbonyl (C=O) groups is 2. The molecule has 3 rings (SSSR count). The van der Waals surface area contributed by atoms with E-state index in [2.05, 4.69) is 10.6 Å². The van der Waals surface area contributed by atoms with Gasteiger partial charge in [0, 0.05) is 24.2 Å². The summed E-state index contributed by atoms with van der Waals surface area (Å²) in [5, 5.41) is 5.67. The lowest BCUT2D eigenvalue weighted by atomic mass is 10.2. The van der Waals surface area contributed by atoms with Gasteiger partial charge in [-0.3, -0.25) is 9.59 Å². The van der Waals surface area contributed by atoms with Crippen LogP contribution >= 0.6 is 11.8 Å². The first-order chi connectivity index (χ1) is 16.6. The van der Waals surface area contributed by atoms with Crippen LogP contribution in [0.1, 0.15) is 17.3 Å². The van der Waals surface area contributed by atoms with Gasteiger partial charge in [0.2, 0.25) is 5.91 Å². The van der Waals surface area contributed by atoms with Crippen LogP contribution in [-0.4, -0.2) is 44.4 Å². The Morgan fingerprint density at radius 1 is 0.882 bits per heavy atom. The molecule has 0 spiro atoms. The van der Waals surface area contributed by atoms with Crippen LogP contribution in [0.25, 0.3) is 0 Å². The van der Waals surface area contributed by atoms with Gasteiger partial charge in [-0.15, -0.1) is 11.8 Å². The first-order valence-corrected chi connectivity index (χ1v) is 11.9. The normalized spacial score (nSPS) is 10.4. The molecular formula is C26H28N2O5S. The highest BCUT2D eigenvalue weighted by Crippen LogP contribution is 2.26. The summed E-state index contributed by atoms with van der Waals surface area (Å²) < 4.78 is 16.2. The Balaban J connectivity index is 1.56. The molecule has 0 aliphatic heterocycles. The molecule has 0 saturated heterocycles. The van der Waals surface area contributed by atoms with Gasteiger partial charge in [-0.2, -0.15) is 0 Å². The molecule has 0 aliphatic rings. The average Bonchev–Trinajstić information content (AvgIpc) is 2.85. The number of rotatable bonds is 12. The fourth-order valence-electron chi connectivity index (χ4n) is 2.98. The Bertz CT molecular complexity index is 1070. The first-order valence-electron chi connectivity index (χ1n) is 10.9. The molecule has 0 radical (unpaired) electrons. The van der Waals surface area contributed by atoms with Gasteiger partial charge < -0.3 is 24.8 Å². The molecule has 2 amide bonds. The van der Waals surface area contributed by atoms with E-state index in [-0.39, 0.29) is 17.6 Å². The molecule has 0 atom stereocenters. The van der Waals surface area contributed by atoms with Crippen LogP contribution in [0.15, 0.2) is 77.7 Å². The summed E-state index contributed by atoms with van der Waals surface area (Å²) in [5.74, 6) is 1.99. The topological polar surface area (TPSA) is 85.9 Å². The van der Waals surface area contributed by atoms with Gasteiger partial charge in [0.1, 0.15) is 17.2 Å². The van der Waals surface area contributed by atoms with Crippen LogP contribution < -0.4 is 20.1 Å². The molecule has 0 saturated carbocycles. The van der Waals surface area contributed by atoms with Crippen LogP contribution in [0, 0.1) is 0 Å². The average molecular weight is 481 g/mol. The zero-order chi connectivity index (χ0) is 24.2. The summed E-state index contributed by atoms with van der Waals surface area (Å²) in [6.45, 7) is 3.46. The van der Waals surface area contributed by atoms with Gasteiger partial charge in [-0.1, -0.05) is 12.1 Å². The minimum absolute atomic E-state index is 0.111. The van der Waals surface area contributed by atoms with Gasteiger partial charge in [-0.25, -0.2) is 0 Å². The number of methoxy groups -OCH3 is 1. The third kappa shape index (κ3) is 7.83. The minimum Gasteiger partial charge on any atom is -0.494 e. The first kappa shape index (κ1) is 25.1. The van der Waals surface area contributed by atoms with Crippen molar-refractivity contribution in [2.24, 2.45) is 0 Å². The van der Waals surface area contributed by atoms with E-state index < -0.39 is 0 Å². The number of benzene rings is 3. The lowest BCUT2D eigenvalue weighted by Crippen LogP contribution is -2.28. The van der Waals surface area contributed by atoms with Crippen LogP contribution in [-0.2, 0) is 9.53 Å². The molecule has 3 aromatic carbocycles. The van der Waals surface area contributed by atoms with Crippen molar-refractivity contribution in [3.8, 4) is 17.2 Å². The van der Waals surface area contributed by atoms with Crippen LogP contribution in [0.2, 0.25) is 0 Å². The van der Waals surface area contributed by atoms with E-state index in [9.17, 15) is 9.59 Å². The molecule has 0 bridgehead atoms. The summed E-state index contributed by atoms with van der Waals surface area (Å²) in [6, 6.07) is 21.7. The SMILES string of the molecule is CCOc1ccc(Oc2ccc(NC(=O)c3ccccc3SCC(=O)NCCOC)cc2)cc1. The number of thioether (sulfide) groups is 1. The van der Waals surface area contributed by atoms with Crippen molar-refractivity contribution < 1.29 is 23.8 Å². The fourth-order valence-corrected chi connectivity index (χ4v) is 3.86. The van der Waals surface area contributed by atoms with Crippen LogP contribution in [0.3, 0.4) is 0 Å². The molecule has 8 heteroatoms. The lowest BCUT2D eigenvalue weighted by Gasteiger charge is -2.11. The molecule has 7 nitrogen and oxygen atoms in total. The van der Waals surface area contributed by atoms with Crippen LogP contribution in [0.5, 0.6) is 17.2 Å². The standard InChI is InChI=1S/C26H28N2O5S/c1-3-32-20-12-14-22(15-13-20)33-21-10-8-19(9-11-21)28-26(30)23-6-4-5-7-24(23)34-18-25(29)27-16-17-31-2/h4-15H,3,16-18H2,1-2H3,(H,27,29)(H,28,30). The third-order valence-electron chi connectivity index (χ3n) is 4.60. The molecule has 0 fully saturated rings. The van der Waals surface area contributed by atoms with Crippen molar-refractivity contribution in [2.75, 3.05) is 37.9 Å². The van der Waals surface area contributed by atoms with E-state index in [0.29, 0.717) is 42.5 Å². The maximum atomic E-state index is 12.9. The van der Waals surface area contributed by atoms with Gasteiger partial charge in [0.15, 0.2) is 0 Å². The summed E-state index contributed by atoms with van der Waals surface area (Å²) in [7, 11) is 1.58. The predicted molar refractivity (Wildman–Crippen MR) is 134 cm³/mol. The van der Waals surface area contributed by atoms with Crippen LogP contribution in [0.4, 0.5) is 5.69 Å². The van der Waals surface area contributed by atoms with Gasteiger partial charge in [-0.05, 0) is 67.6 Å². The fraction of sp³-hybridized carbons (Fsp3) is 0.231.